The molecule has 6 heteroatoms. The number of furan rings is 1. The first-order valence-electron chi connectivity index (χ1n) is 5.84. The fraction of sp³-hybridized carbons (Fsp3) is 0.385. The Morgan fingerprint density at radius 3 is 2.84 bits per heavy atom. The number of hydrogen-bond acceptors (Lipinski definition) is 4. The molecule has 0 atom stereocenters. The molecule has 6 nitrogen and oxygen atoms in total. The maximum Gasteiger partial charge on any atom is 0.305 e. The van der Waals surface area contributed by atoms with Gasteiger partial charge in [0.1, 0.15) is 5.76 Å². The summed E-state index contributed by atoms with van der Waals surface area (Å²) in [5, 5.41) is 8.65. The van der Waals surface area contributed by atoms with Crippen LogP contribution in [0, 0.1) is 0 Å². The number of carboxylic acids is 1. The molecule has 0 saturated carbocycles. The van der Waals surface area contributed by atoms with Gasteiger partial charge in [0.25, 0.3) is 0 Å². The lowest BCUT2D eigenvalue weighted by molar-refractivity contribution is -0.138. The molecule has 1 heterocycles. The van der Waals surface area contributed by atoms with E-state index in [9.17, 15) is 9.59 Å². The Balaban J connectivity index is 2.56. The van der Waals surface area contributed by atoms with Crippen LogP contribution in [-0.4, -0.2) is 48.7 Å². The van der Waals surface area contributed by atoms with Crippen LogP contribution >= 0.6 is 0 Å². The predicted molar refractivity (Wildman–Crippen MR) is 68.5 cm³/mol. The summed E-state index contributed by atoms with van der Waals surface area (Å²) in [5.74, 6) is -0.641. The Morgan fingerprint density at radius 2 is 2.26 bits per heavy atom. The van der Waals surface area contributed by atoms with Crippen molar-refractivity contribution in [3.8, 4) is 0 Å². The second kappa shape index (κ2) is 8.10. The summed E-state index contributed by atoms with van der Waals surface area (Å²) in [6.07, 6.45) is 4.32. The third kappa shape index (κ3) is 5.87. The van der Waals surface area contributed by atoms with Gasteiger partial charge in [-0.15, -0.1) is 0 Å². The van der Waals surface area contributed by atoms with E-state index in [0.29, 0.717) is 18.9 Å². The molecule has 1 N–H and O–H groups in total. The molecule has 0 aliphatic heterocycles. The van der Waals surface area contributed by atoms with Crippen molar-refractivity contribution < 1.29 is 23.8 Å². The molecule has 0 spiro atoms. The van der Waals surface area contributed by atoms with Crippen LogP contribution in [-0.2, 0) is 14.3 Å². The number of carbonyl (C=O) groups excluding carboxylic acids is 1. The monoisotopic (exact) mass is 267 g/mol. The molecule has 19 heavy (non-hydrogen) atoms. The minimum atomic E-state index is -0.940. The lowest BCUT2D eigenvalue weighted by atomic mass is 10.3. The Morgan fingerprint density at radius 1 is 1.47 bits per heavy atom. The summed E-state index contributed by atoms with van der Waals surface area (Å²) in [4.78, 5) is 23.9. The molecular weight excluding hydrogens is 250 g/mol. The highest BCUT2D eigenvalue weighted by atomic mass is 16.5. The van der Waals surface area contributed by atoms with Gasteiger partial charge in [-0.3, -0.25) is 9.59 Å². The summed E-state index contributed by atoms with van der Waals surface area (Å²) >= 11 is 0. The van der Waals surface area contributed by atoms with Gasteiger partial charge in [-0.2, -0.15) is 0 Å². The molecule has 104 valence electrons. The van der Waals surface area contributed by atoms with Gasteiger partial charge in [0.15, 0.2) is 0 Å². The van der Waals surface area contributed by atoms with Crippen LogP contribution in [0.4, 0.5) is 0 Å². The van der Waals surface area contributed by atoms with Crippen LogP contribution in [0.2, 0.25) is 0 Å². The first kappa shape index (κ1) is 15.0. The van der Waals surface area contributed by atoms with Crippen molar-refractivity contribution in [3.63, 3.8) is 0 Å². The predicted octanol–water partition coefficient (Wildman–Crippen LogP) is 1.24. The van der Waals surface area contributed by atoms with E-state index in [2.05, 4.69) is 0 Å². The average molecular weight is 267 g/mol. The number of rotatable bonds is 8. The van der Waals surface area contributed by atoms with E-state index in [0.717, 1.165) is 0 Å². The van der Waals surface area contributed by atoms with Crippen molar-refractivity contribution in [1.82, 2.24) is 4.90 Å². The molecule has 1 amide bonds. The third-order valence-corrected chi connectivity index (χ3v) is 2.41. The Labute approximate surface area is 111 Å². The van der Waals surface area contributed by atoms with E-state index < -0.39 is 5.97 Å². The van der Waals surface area contributed by atoms with Crippen LogP contribution in [0.1, 0.15) is 12.2 Å². The van der Waals surface area contributed by atoms with E-state index in [4.69, 9.17) is 14.3 Å². The summed E-state index contributed by atoms with van der Waals surface area (Å²) < 4.78 is 9.96. The zero-order valence-corrected chi connectivity index (χ0v) is 10.7. The Hall–Kier alpha value is -2.08. The minimum Gasteiger partial charge on any atom is -0.481 e. The van der Waals surface area contributed by atoms with Crippen molar-refractivity contribution in [2.45, 2.75) is 6.42 Å². The second-order valence-electron chi connectivity index (χ2n) is 3.81. The zero-order chi connectivity index (χ0) is 14.1. The maximum absolute atomic E-state index is 11.9. The van der Waals surface area contributed by atoms with Gasteiger partial charge in [0.05, 0.1) is 19.3 Å². The van der Waals surface area contributed by atoms with Crippen molar-refractivity contribution in [1.29, 1.82) is 0 Å². The lowest BCUT2D eigenvalue weighted by Gasteiger charge is -2.19. The van der Waals surface area contributed by atoms with E-state index in [1.165, 1.54) is 24.3 Å². The van der Waals surface area contributed by atoms with Crippen LogP contribution in [0.25, 0.3) is 6.08 Å². The highest BCUT2D eigenvalue weighted by Gasteiger charge is 2.12. The van der Waals surface area contributed by atoms with Crippen molar-refractivity contribution in [2.75, 3.05) is 26.8 Å². The largest absolute Gasteiger partial charge is 0.481 e. The average Bonchev–Trinajstić information content (AvgIpc) is 2.89. The molecular formula is C13H17NO5. The summed E-state index contributed by atoms with van der Waals surface area (Å²) in [7, 11) is 1.53. The van der Waals surface area contributed by atoms with E-state index in [1.54, 1.807) is 18.2 Å². The normalized spacial score (nSPS) is 10.8. The molecule has 1 rings (SSSR count). The van der Waals surface area contributed by atoms with Crippen molar-refractivity contribution in [3.05, 3.63) is 30.2 Å². The van der Waals surface area contributed by atoms with Crippen LogP contribution < -0.4 is 0 Å². The second-order valence-corrected chi connectivity index (χ2v) is 3.81. The molecule has 1 aromatic heterocycles. The fourth-order valence-corrected chi connectivity index (χ4v) is 1.41. The van der Waals surface area contributed by atoms with Gasteiger partial charge in [0.2, 0.25) is 5.91 Å². The topological polar surface area (TPSA) is 80.0 Å². The number of methoxy groups -OCH3 is 1. The number of amides is 1. The van der Waals surface area contributed by atoms with Gasteiger partial charge < -0.3 is 19.2 Å². The van der Waals surface area contributed by atoms with Crippen LogP contribution in [0.3, 0.4) is 0 Å². The molecule has 0 aliphatic rings. The molecule has 0 unspecified atom stereocenters. The molecule has 1 aromatic rings. The quantitative estimate of drug-likeness (QED) is 0.717. The number of aliphatic carboxylic acids is 1. The smallest absolute Gasteiger partial charge is 0.305 e. The first-order chi connectivity index (χ1) is 9.13. The molecule has 0 bridgehead atoms. The Bertz CT molecular complexity index is 424. The SMILES string of the molecule is COCCN(CCC(=O)O)C(=O)/C=C/c1ccco1. The van der Waals surface area contributed by atoms with E-state index in [-0.39, 0.29) is 18.9 Å². The minimum absolute atomic E-state index is 0.0932. The van der Waals surface area contributed by atoms with Crippen molar-refractivity contribution >= 4 is 18.0 Å². The van der Waals surface area contributed by atoms with Gasteiger partial charge in [-0.25, -0.2) is 0 Å². The van der Waals surface area contributed by atoms with Crippen molar-refractivity contribution in [2.24, 2.45) is 0 Å². The van der Waals surface area contributed by atoms with Crippen LogP contribution in [0.15, 0.2) is 28.9 Å². The van der Waals surface area contributed by atoms with Crippen LogP contribution in [0.5, 0.6) is 0 Å². The standard InChI is InChI=1S/C13H17NO5/c1-18-10-8-14(7-6-13(16)17)12(15)5-4-11-3-2-9-19-11/h2-5,9H,6-8,10H2,1H3,(H,16,17)/b5-4+. The summed E-state index contributed by atoms with van der Waals surface area (Å²) in [6.45, 7) is 0.866. The highest BCUT2D eigenvalue weighted by molar-refractivity contribution is 5.91. The Kier molecular flexibility index (Phi) is 6.38. The number of carbonyl (C=O) groups is 2. The third-order valence-electron chi connectivity index (χ3n) is 2.41. The highest BCUT2D eigenvalue weighted by Crippen LogP contribution is 2.03. The fourth-order valence-electron chi connectivity index (χ4n) is 1.41. The number of carboxylic acid groups (broad SMARTS) is 1. The van der Waals surface area contributed by atoms with Gasteiger partial charge in [0, 0.05) is 26.3 Å². The first-order valence-corrected chi connectivity index (χ1v) is 5.84. The number of nitrogens with zero attached hydrogens (tertiary/aromatic N) is 1. The van der Waals surface area contributed by atoms with Gasteiger partial charge in [-0.05, 0) is 18.2 Å². The number of ether oxygens (including phenoxy) is 1. The van der Waals surface area contributed by atoms with Gasteiger partial charge in [-0.1, -0.05) is 0 Å². The molecule has 0 radical (unpaired) electrons. The summed E-state index contributed by atoms with van der Waals surface area (Å²) in [5.41, 5.74) is 0. The molecule has 0 aromatic carbocycles. The maximum atomic E-state index is 11.9. The molecule has 0 fully saturated rings. The molecule has 0 aliphatic carbocycles. The summed E-state index contributed by atoms with van der Waals surface area (Å²) in [6, 6.07) is 3.44. The van der Waals surface area contributed by atoms with E-state index in [1.807, 2.05) is 0 Å². The number of hydrogen-bond donors (Lipinski definition) is 1. The van der Waals surface area contributed by atoms with Gasteiger partial charge >= 0.3 is 5.97 Å². The lowest BCUT2D eigenvalue weighted by Crippen LogP contribution is -2.34. The molecule has 0 saturated heterocycles. The zero-order valence-electron chi connectivity index (χ0n) is 10.7. The van der Waals surface area contributed by atoms with E-state index >= 15 is 0 Å².